The molecule has 0 amide bonds. The van der Waals surface area contributed by atoms with Crippen LogP contribution in [0.1, 0.15) is 39.2 Å². The molecule has 0 spiro atoms. The third-order valence-corrected chi connectivity index (χ3v) is 6.89. The van der Waals surface area contributed by atoms with Gasteiger partial charge in [0.15, 0.2) is 17.8 Å². The molecular formula is C27H36O12. The van der Waals surface area contributed by atoms with E-state index >= 15 is 0 Å². The third kappa shape index (κ3) is 6.89. The number of carboxylic acid groups (broad SMARTS) is 1. The highest BCUT2D eigenvalue weighted by atomic mass is 16.7. The maximum absolute atomic E-state index is 12.3. The molecule has 2 aliphatic rings. The van der Waals surface area contributed by atoms with Crippen molar-refractivity contribution < 1.29 is 58.8 Å². The van der Waals surface area contributed by atoms with Gasteiger partial charge in [0, 0.05) is 11.6 Å². The number of aromatic hydroxyl groups is 1. The first kappa shape index (κ1) is 30.4. The molecule has 1 aliphatic heterocycles. The first-order valence-corrected chi connectivity index (χ1v) is 12.4. The minimum atomic E-state index is -1.64. The smallest absolute Gasteiger partial charge is 0.332 e. The fourth-order valence-corrected chi connectivity index (χ4v) is 5.08. The van der Waals surface area contributed by atoms with Crippen LogP contribution in [0.2, 0.25) is 0 Å². The number of aliphatic hydroxyl groups excluding tert-OH is 3. The number of methoxy groups -OCH3 is 2. The zero-order valence-electron chi connectivity index (χ0n) is 22.5. The summed E-state index contributed by atoms with van der Waals surface area (Å²) in [5.74, 6) is -1.68. The molecule has 1 saturated heterocycles. The number of hydrogen-bond donors (Lipinski definition) is 5. The summed E-state index contributed by atoms with van der Waals surface area (Å²) in [7, 11) is 2.74. The van der Waals surface area contributed by atoms with E-state index in [0.29, 0.717) is 23.1 Å². The standard InChI is InChI=1S/C27H36O12/c1-13-8-15(11-27(2,3)20(13)25(33)34)38-26-24(32)23(31)22(30)18(39-26)12-37-19(28)7-6-14-9-16(35-4)21(29)17(10-14)36-5/h6-7,9-10,15,18,22-24,26,29-32H,8,11-12H2,1-5H3,(H,33,34)/t15-,18-,22-,23+,24-,26-/m1/s1. The lowest BCUT2D eigenvalue weighted by atomic mass is 9.71. The maximum atomic E-state index is 12.3. The zero-order chi connectivity index (χ0) is 29.1. The summed E-state index contributed by atoms with van der Waals surface area (Å²) in [6.45, 7) is 4.82. The van der Waals surface area contributed by atoms with E-state index in [0.717, 1.165) is 6.08 Å². The Bertz CT molecular complexity index is 1100. The minimum absolute atomic E-state index is 0.144. The van der Waals surface area contributed by atoms with Crippen LogP contribution in [0.4, 0.5) is 0 Å². The van der Waals surface area contributed by atoms with E-state index in [9.17, 15) is 35.1 Å². The van der Waals surface area contributed by atoms with Gasteiger partial charge >= 0.3 is 11.9 Å². The quantitative estimate of drug-likeness (QED) is 0.220. The lowest BCUT2D eigenvalue weighted by Gasteiger charge is -2.43. The molecule has 1 aromatic carbocycles. The van der Waals surface area contributed by atoms with Gasteiger partial charge in [-0.05, 0) is 49.0 Å². The second-order valence-electron chi connectivity index (χ2n) is 10.3. The number of phenols is 1. The van der Waals surface area contributed by atoms with Crippen molar-refractivity contribution in [1.82, 2.24) is 0 Å². The lowest BCUT2D eigenvalue weighted by molar-refractivity contribution is -0.313. The molecule has 39 heavy (non-hydrogen) atoms. The molecular weight excluding hydrogens is 516 g/mol. The van der Waals surface area contributed by atoms with Crippen molar-refractivity contribution in [2.45, 2.75) is 70.4 Å². The number of esters is 1. The van der Waals surface area contributed by atoms with Crippen molar-refractivity contribution in [3.8, 4) is 17.2 Å². The Morgan fingerprint density at radius 2 is 1.69 bits per heavy atom. The molecule has 216 valence electrons. The molecule has 1 aromatic rings. The van der Waals surface area contributed by atoms with Gasteiger partial charge in [-0.1, -0.05) is 19.4 Å². The highest BCUT2D eigenvalue weighted by Crippen LogP contribution is 2.42. The van der Waals surface area contributed by atoms with Gasteiger partial charge in [0.2, 0.25) is 5.75 Å². The van der Waals surface area contributed by atoms with Crippen LogP contribution in [0, 0.1) is 5.41 Å². The SMILES string of the molecule is COc1cc(C=CC(=O)OC[C@H]2O[C@@H](O[C@@H]3CC(C)=C(C(=O)O)C(C)(C)C3)[C@H](O)[C@@H](O)[C@@H]2O)cc(OC)c1O. The number of aliphatic carboxylic acids is 1. The minimum Gasteiger partial charge on any atom is -0.502 e. The Kier molecular flexibility index (Phi) is 9.62. The van der Waals surface area contributed by atoms with Crippen molar-refractivity contribution in [2.24, 2.45) is 5.41 Å². The van der Waals surface area contributed by atoms with Crippen LogP contribution in [0.15, 0.2) is 29.4 Å². The lowest BCUT2D eigenvalue weighted by Crippen LogP contribution is -2.60. The number of carbonyl (C=O) groups excluding carboxylic acids is 1. The van der Waals surface area contributed by atoms with Crippen LogP contribution in [0.25, 0.3) is 6.08 Å². The van der Waals surface area contributed by atoms with E-state index < -0.39 is 60.8 Å². The van der Waals surface area contributed by atoms with E-state index in [1.54, 1.807) is 20.8 Å². The largest absolute Gasteiger partial charge is 0.502 e. The van der Waals surface area contributed by atoms with Crippen LogP contribution < -0.4 is 9.47 Å². The number of carbonyl (C=O) groups is 2. The Hall–Kier alpha value is -3.16. The van der Waals surface area contributed by atoms with Crippen molar-refractivity contribution in [3.63, 3.8) is 0 Å². The summed E-state index contributed by atoms with van der Waals surface area (Å²) in [6, 6.07) is 2.97. The number of ether oxygens (including phenoxy) is 5. The van der Waals surface area contributed by atoms with Gasteiger partial charge in [0.05, 0.1) is 20.3 Å². The molecule has 0 unspecified atom stereocenters. The number of carboxylic acids is 1. The first-order chi connectivity index (χ1) is 18.3. The summed E-state index contributed by atoms with van der Waals surface area (Å²) >= 11 is 0. The van der Waals surface area contributed by atoms with Gasteiger partial charge in [-0.2, -0.15) is 0 Å². The van der Waals surface area contributed by atoms with E-state index in [1.165, 1.54) is 32.4 Å². The third-order valence-electron chi connectivity index (χ3n) is 6.89. The molecule has 12 nitrogen and oxygen atoms in total. The molecule has 3 rings (SSSR count). The molecule has 1 heterocycles. The van der Waals surface area contributed by atoms with Crippen LogP contribution >= 0.6 is 0 Å². The molecule has 12 heteroatoms. The highest BCUT2D eigenvalue weighted by Gasteiger charge is 2.47. The van der Waals surface area contributed by atoms with Gasteiger partial charge in [-0.25, -0.2) is 9.59 Å². The van der Waals surface area contributed by atoms with Crippen LogP contribution in [0.5, 0.6) is 17.2 Å². The first-order valence-electron chi connectivity index (χ1n) is 12.4. The number of hydrogen-bond acceptors (Lipinski definition) is 11. The van der Waals surface area contributed by atoms with E-state index in [1.807, 2.05) is 0 Å². The predicted molar refractivity (Wildman–Crippen MR) is 136 cm³/mol. The number of aliphatic hydroxyl groups is 3. The summed E-state index contributed by atoms with van der Waals surface area (Å²) < 4.78 is 26.9. The number of benzene rings is 1. The molecule has 1 fully saturated rings. The van der Waals surface area contributed by atoms with E-state index in [4.69, 9.17) is 23.7 Å². The summed E-state index contributed by atoms with van der Waals surface area (Å²) in [5.41, 5.74) is 0.717. The van der Waals surface area contributed by atoms with Gasteiger partial charge in [-0.15, -0.1) is 0 Å². The average Bonchev–Trinajstić information content (AvgIpc) is 2.86. The highest BCUT2D eigenvalue weighted by molar-refractivity contribution is 5.89. The molecule has 0 bridgehead atoms. The summed E-state index contributed by atoms with van der Waals surface area (Å²) in [4.78, 5) is 24.0. The van der Waals surface area contributed by atoms with E-state index in [2.05, 4.69) is 0 Å². The molecule has 1 aliphatic carbocycles. The number of phenolic OH excluding ortho intramolecular Hbond substituents is 1. The Morgan fingerprint density at radius 1 is 1.08 bits per heavy atom. The van der Waals surface area contributed by atoms with Gasteiger partial charge in [0.25, 0.3) is 0 Å². The Labute approximate surface area is 226 Å². The number of rotatable bonds is 9. The molecule has 0 saturated carbocycles. The van der Waals surface area contributed by atoms with Crippen molar-refractivity contribution in [3.05, 3.63) is 34.9 Å². The average molecular weight is 553 g/mol. The van der Waals surface area contributed by atoms with Crippen LogP contribution in [-0.4, -0.2) is 95.1 Å². The van der Waals surface area contributed by atoms with Gasteiger partial charge in [-0.3, -0.25) is 0 Å². The zero-order valence-corrected chi connectivity index (χ0v) is 22.5. The summed E-state index contributed by atoms with van der Waals surface area (Å²) in [6.07, 6.45) is -4.73. The van der Waals surface area contributed by atoms with Crippen molar-refractivity contribution in [2.75, 3.05) is 20.8 Å². The molecule has 6 atom stereocenters. The topological polar surface area (TPSA) is 181 Å². The van der Waals surface area contributed by atoms with Crippen LogP contribution in [0.3, 0.4) is 0 Å². The normalized spacial score (nSPS) is 28.8. The Morgan fingerprint density at radius 3 is 2.23 bits per heavy atom. The van der Waals surface area contributed by atoms with Gasteiger partial charge in [0.1, 0.15) is 31.0 Å². The maximum Gasteiger partial charge on any atom is 0.332 e. The van der Waals surface area contributed by atoms with Crippen molar-refractivity contribution in [1.29, 1.82) is 0 Å². The van der Waals surface area contributed by atoms with Crippen LogP contribution in [-0.2, 0) is 23.8 Å². The van der Waals surface area contributed by atoms with E-state index in [-0.39, 0.29) is 23.7 Å². The molecule has 0 aromatic heterocycles. The second kappa shape index (κ2) is 12.3. The Balaban J connectivity index is 1.64. The predicted octanol–water partition coefficient (Wildman–Crippen LogP) is 1.38. The summed E-state index contributed by atoms with van der Waals surface area (Å²) in [5, 5.41) is 50.8. The van der Waals surface area contributed by atoms with Crippen molar-refractivity contribution >= 4 is 18.0 Å². The second-order valence-corrected chi connectivity index (χ2v) is 10.3. The monoisotopic (exact) mass is 552 g/mol. The fourth-order valence-electron chi connectivity index (χ4n) is 5.08. The molecule has 5 N–H and O–H groups in total. The molecule has 0 radical (unpaired) electrons. The van der Waals surface area contributed by atoms with Gasteiger partial charge < -0.3 is 49.2 Å². The fraction of sp³-hybridized carbons (Fsp3) is 0.556.